The molecule has 4 heterocycles. The Morgan fingerprint density at radius 1 is 1.19 bits per heavy atom. The van der Waals surface area contributed by atoms with Crippen molar-refractivity contribution in [2.75, 3.05) is 24.3 Å². The van der Waals surface area contributed by atoms with Crippen LogP contribution in [-0.2, 0) is 0 Å². The number of nitrogens with zero attached hydrogens (tertiary/aromatic N) is 4. The first-order chi connectivity index (χ1) is 12.5. The summed E-state index contributed by atoms with van der Waals surface area (Å²) in [6, 6.07) is 7.53. The van der Waals surface area contributed by atoms with Gasteiger partial charge in [0.25, 0.3) is 5.56 Å². The Labute approximate surface area is 149 Å². The van der Waals surface area contributed by atoms with Gasteiger partial charge >= 0.3 is 0 Å². The fraction of sp³-hybridized carbons (Fsp3) is 0.167. The molecule has 3 N–H and O–H groups in total. The molecule has 0 spiro atoms. The summed E-state index contributed by atoms with van der Waals surface area (Å²) in [6.07, 6.45) is 5.36. The normalized spacial score (nSPS) is 11.0. The number of H-pyrrole nitrogens is 2. The first kappa shape index (κ1) is 15.9. The van der Waals surface area contributed by atoms with Gasteiger partial charge < -0.3 is 20.2 Å². The monoisotopic (exact) mass is 349 g/mol. The van der Waals surface area contributed by atoms with Gasteiger partial charge in [-0.05, 0) is 31.2 Å². The van der Waals surface area contributed by atoms with Crippen molar-refractivity contribution in [2.24, 2.45) is 0 Å². The zero-order valence-corrected chi connectivity index (χ0v) is 14.7. The Bertz CT molecular complexity index is 1140. The van der Waals surface area contributed by atoms with Crippen LogP contribution in [0.5, 0.6) is 0 Å². The van der Waals surface area contributed by atoms with E-state index in [1.807, 2.05) is 50.3 Å². The summed E-state index contributed by atoms with van der Waals surface area (Å²) < 4.78 is 1.58. The maximum absolute atomic E-state index is 12.5. The number of hydrogen-bond acceptors (Lipinski definition) is 5. The smallest absolute Gasteiger partial charge is 0.275 e. The molecule has 0 bridgehead atoms. The molecule has 26 heavy (non-hydrogen) atoms. The van der Waals surface area contributed by atoms with Crippen LogP contribution in [0.3, 0.4) is 0 Å². The predicted molar refractivity (Wildman–Crippen MR) is 103 cm³/mol. The lowest BCUT2D eigenvalue weighted by molar-refractivity contribution is 0.845. The van der Waals surface area contributed by atoms with Gasteiger partial charge in [-0.15, -0.1) is 0 Å². The summed E-state index contributed by atoms with van der Waals surface area (Å²) in [5.41, 5.74) is 3.56. The van der Waals surface area contributed by atoms with Gasteiger partial charge in [0, 0.05) is 38.1 Å². The van der Waals surface area contributed by atoms with Crippen molar-refractivity contribution in [3.63, 3.8) is 0 Å². The van der Waals surface area contributed by atoms with Gasteiger partial charge in [-0.2, -0.15) is 5.10 Å². The lowest BCUT2D eigenvalue weighted by atomic mass is 10.2. The van der Waals surface area contributed by atoms with Gasteiger partial charge in [-0.3, -0.25) is 4.79 Å². The Kier molecular flexibility index (Phi) is 3.72. The number of aryl methyl sites for hydroxylation is 1. The number of pyridine rings is 2. The van der Waals surface area contributed by atoms with Crippen molar-refractivity contribution in [3.8, 4) is 5.69 Å². The maximum atomic E-state index is 12.5. The lowest BCUT2D eigenvalue weighted by Crippen LogP contribution is -2.22. The van der Waals surface area contributed by atoms with Gasteiger partial charge in [0.15, 0.2) is 0 Å². The van der Waals surface area contributed by atoms with Crippen molar-refractivity contribution in [1.82, 2.24) is 24.7 Å². The van der Waals surface area contributed by atoms with Gasteiger partial charge in [0.05, 0.1) is 17.1 Å². The number of hydrogen-bond donors (Lipinski definition) is 3. The molecule has 0 saturated carbocycles. The molecule has 0 fully saturated rings. The van der Waals surface area contributed by atoms with E-state index in [0.717, 1.165) is 28.1 Å². The molecule has 0 unspecified atom stereocenters. The van der Waals surface area contributed by atoms with E-state index >= 15 is 0 Å². The fourth-order valence-electron chi connectivity index (χ4n) is 2.89. The van der Waals surface area contributed by atoms with Crippen molar-refractivity contribution in [1.29, 1.82) is 0 Å². The topological polar surface area (TPSA) is 94.6 Å². The molecule has 0 saturated heterocycles. The highest BCUT2D eigenvalue weighted by Crippen LogP contribution is 2.29. The predicted octanol–water partition coefficient (Wildman–Crippen LogP) is 2.55. The van der Waals surface area contributed by atoms with Crippen LogP contribution in [0.4, 0.5) is 17.2 Å². The van der Waals surface area contributed by atoms with E-state index in [4.69, 9.17) is 0 Å². The molecule has 0 atom stereocenters. The summed E-state index contributed by atoms with van der Waals surface area (Å²) >= 11 is 0. The Morgan fingerprint density at radius 2 is 2.04 bits per heavy atom. The number of nitrogens with one attached hydrogen (secondary N) is 3. The SMILES string of the molecule is Cc1ccn(-c2cc(Nc3ccnc4[nH]ccc34)c(N(C)C)[nH]c2=O)n1. The maximum Gasteiger partial charge on any atom is 0.275 e. The van der Waals surface area contributed by atoms with E-state index in [0.29, 0.717) is 11.5 Å². The molecule has 4 aromatic heterocycles. The molecule has 0 aliphatic heterocycles. The Hall–Kier alpha value is -3.55. The van der Waals surface area contributed by atoms with Crippen LogP contribution in [0.25, 0.3) is 16.7 Å². The number of aromatic amines is 2. The van der Waals surface area contributed by atoms with Crippen molar-refractivity contribution in [2.45, 2.75) is 6.92 Å². The van der Waals surface area contributed by atoms with Crippen molar-refractivity contribution < 1.29 is 0 Å². The number of rotatable bonds is 4. The summed E-state index contributed by atoms with van der Waals surface area (Å²) in [7, 11) is 3.76. The summed E-state index contributed by atoms with van der Waals surface area (Å²) in [4.78, 5) is 24.7. The molecule has 0 radical (unpaired) electrons. The standard InChI is InChI=1S/C18H19N7O/c1-11-6-9-25(23-11)15-10-14(17(24(2)3)22-18(15)26)21-13-5-8-20-16-12(13)4-7-19-16/h4-10H,1-3H3,(H,22,26)(H2,19,20,21). The minimum Gasteiger partial charge on any atom is -0.362 e. The molecule has 8 nitrogen and oxygen atoms in total. The van der Waals surface area contributed by atoms with Crippen LogP contribution in [0.2, 0.25) is 0 Å². The number of anilines is 3. The van der Waals surface area contributed by atoms with E-state index in [-0.39, 0.29) is 5.56 Å². The zero-order valence-electron chi connectivity index (χ0n) is 14.7. The van der Waals surface area contributed by atoms with Gasteiger partial charge in [-0.1, -0.05) is 0 Å². The molecular formula is C18H19N7O. The third kappa shape index (κ3) is 2.71. The molecule has 0 amide bonds. The Balaban J connectivity index is 1.86. The minimum atomic E-state index is -0.205. The second-order valence-electron chi connectivity index (χ2n) is 6.27. The fourth-order valence-corrected chi connectivity index (χ4v) is 2.89. The molecule has 0 aromatic carbocycles. The average molecular weight is 349 g/mol. The third-order valence-electron chi connectivity index (χ3n) is 4.15. The van der Waals surface area contributed by atoms with Gasteiger partial charge in [-0.25, -0.2) is 9.67 Å². The summed E-state index contributed by atoms with van der Waals surface area (Å²) in [5.74, 6) is 0.683. The average Bonchev–Trinajstić information content (AvgIpc) is 3.25. The Morgan fingerprint density at radius 3 is 2.77 bits per heavy atom. The molecule has 4 rings (SSSR count). The van der Waals surface area contributed by atoms with Crippen molar-refractivity contribution in [3.05, 3.63) is 58.9 Å². The summed E-state index contributed by atoms with van der Waals surface area (Å²) in [5, 5.41) is 8.73. The second-order valence-corrected chi connectivity index (χ2v) is 6.27. The van der Waals surface area contributed by atoms with Gasteiger partial charge in [0.1, 0.15) is 17.2 Å². The van der Waals surface area contributed by atoms with Crippen LogP contribution in [0.15, 0.2) is 47.7 Å². The lowest BCUT2D eigenvalue weighted by Gasteiger charge is -2.19. The molecule has 4 aromatic rings. The van der Waals surface area contributed by atoms with Crippen LogP contribution in [0, 0.1) is 6.92 Å². The first-order valence-corrected chi connectivity index (χ1v) is 8.19. The van der Waals surface area contributed by atoms with E-state index in [2.05, 4.69) is 25.4 Å². The van der Waals surface area contributed by atoms with Crippen LogP contribution >= 0.6 is 0 Å². The van der Waals surface area contributed by atoms with Crippen LogP contribution in [0.1, 0.15) is 5.69 Å². The summed E-state index contributed by atoms with van der Waals surface area (Å²) in [6.45, 7) is 1.89. The van der Waals surface area contributed by atoms with E-state index in [1.165, 1.54) is 0 Å². The van der Waals surface area contributed by atoms with Crippen LogP contribution in [-0.4, -0.2) is 38.8 Å². The van der Waals surface area contributed by atoms with Crippen LogP contribution < -0.4 is 15.8 Å². The number of fused-ring (bicyclic) bond motifs is 1. The first-order valence-electron chi connectivity index (χ1n) is 8.19. The van der Waals surface area contributed by atoms with E-state index in [9.17, 15) is 4.79 Å². The highest BCUT2D eigenvalue weighted by molar-refractivity contribution is 5.92. The molecular weight excluding hydrogens is 330 g/mol. The second kappa shape index (κ2) is 6.07. The van der Waals surface area contributed by atoms with E-state index < -0.39 is 0 Å². The highest BCUT2D eigenvalue weighted by atomic mass is 16.1. The molecule has 0 aliphatic rings. The largest absolute Gasteiger partial charge is 0.362 e. The highest BCUT2D eigenvalue weighted by Gasteiger charge is 2.14. The molecule has 8 heteroatoms. The number of aromatic nitrogens is 5. The van der Waals surface area contributed by atoms with E-state index in [1.54, 1.807) is 23.1 Å². The minimum absolute atomic E-state index is 0.205. The zero-order chi connectivity index (χ0) is 18.3. The quantitative estimate of drug-likeness (QED) is 0.526. The molecule has 132 valence electrons. The molecule has 0 aliphatic carbocycles. The van der Waals surface area contributed by atoms with Crippen molar-refractivity contribution >= 4 is 28.2 Å². The third-order valence-corrected chi connectivity index (χ3v) is 4.15. The van der Waals surface area contributed by atoms with Gasteiger partial charge in [0.2, 0.25) is 0 Å².